The first-order valence-corrected chi connectivity index (χ1v) is 8.06. The van der Waals surface area contributed by atoms with Crippen LogP contribution in [0.1, 0.15) is 19.8 Å². The third-order valence-corrected chi connectivity index (χ3v) is 4.88. The van der Waals surface area contributed by atoms with E-state index in [1.54, 1.807) is 0 Å². The van der Waals surface area contributed by atoms with Gasteiger partial charge in [-0.05, 0) is 37.8 Å². The van der Waals surface area contributed by atoms with Crippen LogP contribution in [-0.4, -0.2) is 32.0 Å². The van der Waals surface area contributed by atoms with Crippen molar-refractivity contribution in [1.82, 2.24) is 4.72 Å². The van der Waals surface area contributed by atoms with Crippen LogP contribution in [0.3, 0.4) is 0 Å². The molecule has 0 bridgehead atoms. The Labute approximate surface area is 126 Å². The van der Waals surface area contributed by atoms with Crippen LogP contribution in [0, 0.1) is 5.92 Å². The molecule has 1 fully saturated rings. The number of nitrogens with one attached hydrogen (secondary N) is 1. The van der Waals surface area contributed by atoms with Gasteiger partial charge in [-0.2, -0.15) is 0 Å². The van der Waals surface area contributed by atoms with E-state index in [1.807, 2.05) is 0 Å². The molecule has 0 aliphatic heterocycles. The lowest BCUT2D eigenvalue weighted by atomic mass is 10.0. The van der Waals surface area contributed by atoms with E-state index in [0.29, 0.717) is 0 Å². The molecule has 5 nitrogen and oxygen atoms in total. The molecule has 124 valence electrons. The van der Waals surface area contributed by atoms with Gasteiger partial charge in [0.05, 0.1) is 5.60 Å². The maximum Gasteiger partial charge on any atom is 0.573 e. The number of para-hydroxylation sites is 1. The molecule has 0 aromatic heterocycles. The van der Waals surface area contributed by atoms with Gasteiger partial charge in [0.2, 0.25) is 10.0 Å². The quantitative estimate of drug-likeness (QED) is 0.831. The van der Waals surface area contributed by atoms with E-state index < -0.39 is 32.6 Å². The highest BCUT2D eigenvalue weighted by Crippen LogP contribution is 2.39. The van der Waals surface area contributed by atoms with Crippen molar-refractivity contribution >= 4 is 10.0 Å². The first-order valence-electron chi connectivity index (χ1n) is 6.58. The van der Waals surface area contributed by atoms with Crippen molar-refractivity contribution in [1.29, 1.82) is 0 Å². The maximum atomic E-state index is 12.3. The van der Waals surface area contributed by atoms with Gasteiger partial charge in [0.1, 0.15) is 10.6 Å². The van der Waals surface area contributed by atoms with Gasteiger partial charge >= 0.3 is 6.36 Å². The summed E-state index contributed by atoms with van der Waals surface area (Å²) in [6.07, 6.45) is -3.41. The molecule has 1 aromatic carbocycles. The van der Waals surface area contributed by atoms with E-state index in [9.17, 15) is 26.7 Å². The molecule has 2 N–H and O–H groups in total. The second-order valence-corrected chi connectivity index (χ2v) is 7.19. The molecule has 0 heterocycles. The van der Waals surface area contributed by atoms with E-state index in [4.69, 9.17) is 0 Å². The zero-order chi connectivity index (χ0) is 16.6. The van der Waals surface area contributed by atoms with Crippen LogP contribution in [0.25, 0.3) is 0 Å². The average Bonchev–Trinajstić information content (AvgIpc) is 3.20. The third kappa shape index (κ3) is 4.34. The molecule has 2 rings (SSSR count). The predicted octanol–water partition coefficient (Wildman–Crippen LogP) is 2.02. The molecule has 1 atom stereocenters. The zero-order valence-corrected chi connectivity index (χ0v) is 12.5. The molecule has 0 radical (unpaired) electrons. The van der Waals surface area contributed by atoms with Crippen LogP contribution in [-0.2, 0) is 10.0 Å². The highest BCUT2D eigenvalue weighted by Gasteiger charge is 2.41. The number of sulfonamides is 1. The normalized spacial score (nSPS) is 18.8. The summed E-state index contributed by atoms with van der Waals surface area (Å²) in [7, 11) is -4.24. The number of rotatable bonds is 6. The predicted molar refractivity (Wildman–Crippen MR) is 71.7 cm³/mol. The summed E-state index contributed by atoms with van der Waals surface area (Å²) in [4.78, 5) is -0.626. The fourth-order valence-corrected chi connectivity index (χ4v) is 3.32. The van der Waals surface area contributed by atoms with Crippen LogP contribution < -0.4 is 9.46 Å². The summed E-state index contributed by atoms with van der Waals surface area (Å²) < 4.78 is 67.1. The Hall–Kier alpha value is -1.32. The number of ether oxygens (including phenoxy) is 1. The minimum absolute atomic E-state index is 0.00290. The number of alkyl halides is 3. The summed E-state index contributed by atoms with van der Waals surface area (Å²) in [5, 5.41) is 10.1. The number of hydrogen-bond donors (Lipinski definition) is 2. The van der Waals surface area contributed by atoms with E-state index in [1.165, 1.54) is 19.1 Å². The van der Waals surface area contributed by atoms with Gasteiger partial charge in [-0.15, -0.1) is 13.2 Å². The van der Waals surface area contributed by atoms with Gasteiger partial charge in [-0.1, -0.05) is 12.1 Å². The molecule has 22 heavy (non-hydrogen) atoms. The molecule has 1 aliphatic rings. The lowest BCUT2D eigenvalue weighted by Crippen LogP contribution is -2.42. The van der Waals surface area contributed by atoms with Crippen LogP contribution in [0.4, 0.5) is 13.2 Å². The van der Waals surface area contributed by atoms with Gasteiger partial charge in [0, 0.05) is 6.54 Å². The topological polar surface area (TPSA) is 75.6 Å². The lowest BCUT2D eigenvalue weighted by Gasteiger charge is -2.23. The molecule has 9 heteroatoms. The molecule has 1 saturated carbocycles. The summed E-state index contributed by atoms with van der Waals surface area (Å²) in [6.45, 7) is 1.21. The monoisotopic (exact) mass is 339 g/mol. The van der Waals surface area contributed by atoms with Crippen molar-refractivity contribution in [3.05, 3.63) is 24.3 Å². The Bertz CT molecular complexity index is 639. The highest BCUT2D eigenvalue weighted by molar-refractivity contribution is 7.89. The lowest BCUT2D eigenvalue weighted by molar-refractivity contribution is -0.275. The number of halogens is 3. The molecule has 1 aromatic rings. The molecular weight excluding hydrogens is 323 g/mol. The summed E-state index contributed by atoms with van der Waals surface area (Å²) in [5.41, 5.74) is -1.23. The molecule has 0 saturated heterocycles. The van der Waals surface area contributed by atoms with Crippen molar-refractivity contribution < 1.29 is 31.4 Å². The molecule has 0 spiro atoms. The van der Waals surface area contributed by atoms with Gasteiger partial charge in [-0.3, -0.25) is 0 Å². The van der Waals surface area contributed by atoms with Crippen molar-refractivity contribution in [2.75, 3.05) is 6.54 Å². The number of aliphatic hydroxyl groups is 1. The van der Waals surface area contributed by atoms with E-state index in [2.05, 4.69) is 9.46 Å². The second kappa shape index (κ2) is 5.71. The van der Waals surface area contributed by atoms with Gasteiger partial charge < -0.3 is 9.84 Å². The van der Waals surface area contributed by atoms with Crippen LogP contribution in [0.15, 0.2) is 29.2 Å². The molecule has 0 unspecified atom stereocenters. The SMILES string of the molecule is C[C@](O)(CNS(=O)(=O)c1ccccc1OC(F)(F)F)C1CC1. The Morgan fingerprint density at radius 2 is 1.91 bits per heavy atom. The van der Waals surface area contributed by atoms with E-state index >= 15 is 0 Å². The maximum absolute atomic E-state index is 12.3. The van der Waals surface area contributed by atoms with Crippen molar-refractivity contribution in [3.8, 4) is 5.75 Å². The van der Waals surface area contributed by atoms with Crippen molar-refractivity contribution in [2.24, 2.45) is 5.92 Å². The van der Waals surface area contributed by atoms with Crippen LogP contribution in [0.2, 0.25) is 0 Å². The van der Waals surface area contributed by atoms with E-state index in [-0.39, 0.29) is 12.5 Å². The van der Waals surface area contributed by atoms with Gasteiger partial charge in [-0.25, -0.2) is 13.1 Å². The smallest absolute Gasteiger partial charge is 0.404 e. The Morgan fingerprint density at radius 1 is 1.32 bits per heavy atom. The van der Waals surface area contributed by atoms with Crippen molar-refractivity contribution in [2.45, 2.75) is 36.6 Å². The Morgan fingerprint density at radius 3 is 2.45 bits per heavy atom. The zero-order valence-electron chi connectivity index (χ0n) is 11.7. The average molecular weight is 339 g/mol. The fourth-order valence-electron chi connectivity index (χ4n) is 2.05. The standard InChI is InChI=1S/C13H16F3NO4S/c1-12(18,9-6-7-9)8-17-22(19,20)11-5-3-2-4-10(11)21-13(14,15)16/h2-5,9,17-18H,6-8H2,1H3/t12-/m0/s1. The van der Waals surface area contributed by atoms with Gasteiger partial charge in [0.25, 0.3) is 0 Å². The third-order valence-electron chi connectivity index (χ3n) is 3.44. The van der Waals surface area contributed by atoms with Crippen LogP contribution in [0.5, 0.6) is 5.75 Å². The molecule has 1 aliphatic carbocycles. The van der Waals surface area contributed by atoms with E-state index in [0.717, 1.165) is 25.0 Å². The van der Waals surface area contributed by atoms with Gasteiger partial charge in [0.15, 0.2) is 0 Å². The van der Waals surface area contributed by atoms with Crippen LogP contribution >= 0.6 is 0 Å². The summed E-state index contributed by atoms with van der Waals surface area (Å²) in [5.74, 6) is -0.814. The first-order chi connectivity index (χ1) is 10.0. The number of benzene rings is 1. The second-order valence-electron chi connectivity index (χ2n) is 5.45. The minimum Gasteiger partial charge on any atom is -0.404 e. The minimum atomic E-state index is -4.99. The molecule has 0 amide bonds. The summed E-state index contributed by atoms with van der Waals surface area (Å²) >= 11 is 0. The molecular formula is C13H16F3NO4S. The van der Waals surface area contributed by atoms with Crippen molar-refractivity contribution in [3.63, 3.8) is 0 Å². The Kier molecular flexibility index (Phi) is 4.42. The largest absolute Gasteiger partial charge is 0.573 e. The fraction of sp³-hybridized carbons (Fsp3) is 0.538. The number of hydrogen-bond acceptors (Lipinski definition) is 4. The highest BCUT2D eigenvalue weighted by atomic mass is 32.2. The summed E-state index contributed by atoms with van der Waals surface area (Å²) in [6, 6.07) is 4.45. The Balaban J connectivity index is 2.18. The first kappa shape index (κ1) is 17.0.